The molecule has 4 aromatic rings. The zero-order chi connectivity index (χ0) is 34.8. The molecule has 0 N–H and O–H groups in total. The molecule has 0 heterocycles. The molecule has 0 saturated heterocycles. The molecule has 48 heavy (non-hydrogen) atoms. The first-order valence-corrected chi connectivity index (χ1v) is 22.1. The van der Waals surface area contributed by atoms with Crippen molar-refractivity contribution in [1.82, 2.24) is 0 Å². The van der Waals surface area contributed by atoms with Gasteiger partial charge in [0.2, 0.25) is 0 Å². The predicted molar refractivity (Wildman–Crippen MR) is 208 cm³/mol. The normalized spacial score (nSPS) is 14.5. The third-order valence-electron chi connectivity index (χ3n) is 9.34. The van der Waals surface area contributed by atoms with Crippen molar-refractivity contribution in [3.05, 3.63) is 145 Å². The van der Waals surface area contributed by atoms with Crippen LogP contribution in [0, 0.1) is 0 Å². The quantitative estimate of drug-likeness (QED) is 0.158. The summed E-state index contributed by atoms with van der Waals surface area (Å²) in [5.41, 5.74) is 11.9. The second kappa shape index (κ2) is 13.4. The standard InChI is InChI=1S/C21H25.C15H8Cl6.C5H5.Zr/c1-20(2,3)16-7-9-18-14(12-16)11-15-13-17(21(4,5)6)8-10-19(15)18;16-14(17,18)12-5-1-10(2-6-12)9-11-3-7-13(8-4-11)15(19,20)21;1-2-4-5-3-1;/h7-10,12H,11H2,1-6H3;1-8H;1-3H,4H2;. The van der Waals surface area contributed by atoms with E-state index in [4.69, 9.17) is 69.6 Å². The number of hydrogen-bond acceptors (Lipinski definition) is 0. The zero-order valence-electron chi connectivity index (χ0n) is 27.9. The topological polar surface area (TPSA) is 0 Å². The van der Waals surface area contributed by atoms with Gasteiger partial charge in [0.25, 0.3) is 0 Å². The molecule has 0 spiro atoms. The Bertz CT molecular complexity index is 1910. The average molecular weight is 835 g/mol. The molecule has 0 atom stereocenters. The van der Waals surface area contributed by atoms with Crippen LogP contribution >= 0.6 is 69.6 Å². The van der Waals surface area contributed by atoms with Crippen molar-refractivity contribution in [3.8, 4) is 11.1 Å². The van der Waals surface area contributed by atoms with Gasteiger partial charge >= 0.3 is 326 Å². The Morgan fingerprint density at radius 2 is 1.12 bits per heavy atom. The van der Waals surface area contributed by atoms with E-state index in [2.05, 4.69) is 114 Å². The van der Waals surface area contributed by atoms with Crippen molar-refractivity contribution in [2.75, 3.05) is 0 Å². The molecule has 0 aromatic heterocycles. The fourth-order valence-corrected chi connectivity index (χ4v) is 16.5. The van der Waals surface area contributed by atoms with E-state index in [1.807, 2.05) is 24.3 Å². The number of rotatable bonds is 4. The van der Waals surface area contributed by atoms with E-state index in [0.717, 1.165) is 24.0 Å². The number of halogens is 6. The van der Waals surface area contributed by atoms with Crippen LogP contribution in [0.1, 0.15) is 92.5 Å². The SMILES string of the molecule is CC(C)(C)c1ccc2c(c1)Cc1c-2ccc(C(C)(C)C)[c]1[Zr]([C]1=CC=CC1)=[C](c1ccc(C(Cl)(Cl)Cl)cc1)c1ccc(C(Cl)(Cl)Cl)cc1. The van der Waals surface area contributed by atoms with E-state index in [-0.39, 0.29) is 10.8 Å². The Labute approximate surface area is 323 Å². The fourth-order valence-electron chi connectivity index (χ4n) is 6.84. The molecule has 0 amide bonds. The summed E-state index contributed by atoms with van der Waals surface area (Å²) in [6.07, 6.45) is 8.73. The van der Waals surface area contributed by atoms with Crippen LogP contribution in [0.5, 0.6) is 0 Å². The predicted octanol–water partition coefficient (Wildman–Crippen LogP) is 12.9. The van der Waals surface area contributed by atoms with Gasteiger partial charge in [-0.05, 0) is 0 Å². The third-order valence-corrected chi connectivity index (χ3v) is 18.4. The third kappa shape index (κ3) is 7.42. The van der Waals surface area contributed by atoms with E-state index in [9.17, 15) is 0 Å². The molecular weight excluding hydrogens is 796 g/mol. The summed E-state index contributed by atoms with van der Waals surface area (Å²) < 4.78 is 1.40. The number of benzene rings is 4. The number of hydrogen-bond donors (Lipinski definition) is 0. The Balaban J connectivity index is 1.71. The van der Waals surface area contributed by atoms with Gasteiger partial charge in [0, 0.05) is 0 Å². The van der Waals surface area contributed by atoms with Crippen molar-refractivity contribution >= 4 is 76.1 Å². The van der Waals surface area contributed by atoms with Gasteiger partial charge in [-0.25, -0.2) is 0 Å². The van der Waals surface area contributed by atoms with E-state index in [1.165, 1.54) is 39.9 Å². The summed E-state index contributed by atoms with van der Waals surface area (Å²) in [6.45, 7) is 13.9. The monoisotopic (exact) mass is 830 g/mol. The van der Waals surface area contributed by atoms with Crippen LogP contribution in [0.15, 0.2) is 100 Å². The summed E-state index contributed by atoms with van der Waals surface area (Å²) in [6, 6.07) is 28.1. The minimum atomic E-state index is -3.05. The molecule has 0 unspecified atom stereocenters. The molecule has 0 nitrogen and oxygen atoms in total. The zero-order valence-corrected chi connectivity index (χ0v) is 34.9. The summed E-state index contributed by atoms with van der Waals surface area (Å²) in [5.74, 6) is 0. The summed E-state index contributed by atoms with van der Waals surface area (Å²) in [5, 5.41) is 0. The second-order valence-corrected chi connectivity index (χ2v) is 25.2. The average Bonchev–Trinajstić information content (AvgIpc) is 3.66. The van der Waals surface area contributed by atoms with Gasteiger partial charge in [0.15, 0.2) is 0 Å². The summed E-state index contributed by atoms with van der Waals surface area (Å²) in [4.78, 5) is 0. The van der Waals surface area contributed by atoms with Crippen molar-refractivity contribution in [3.63, 3.8) is 0 Å². The summed E-state index contributed by atoms with van der Waals surface area (Å²) >= 11 is 34.9. The molecule has 2 aliphatic rings. The Morgan fingerprint density at radius 3 is 1.58 bits per heavy atom. The molecule has 248 valence electrons. The van der Waals surface area contributed by atoms with E-state index in [1.54, 1.807) is 3.27 Å². The van der Waals surface area contributed by atoms with Crippen LogP contribution in [0.4, 0.5) is 0 Å². The van der Waals surface area contributed by atoms with Gasteiger partial charge in [-0.3, -0.25) is 0 Å². The first-order valence-electron chi connectivity index (χ1n) is 16.1. The van der Waals surface area contributed by atoms with Gasteiger partial charge in [0.1, 0.15) is 0 Å². The minimum absolute atomic E-state index is 0.0715. The van der Waals surface area contributed by atoms with Crippen LogP contribution in [0.2, 0.25) is 0 Å². The van der Waals surface area contributed by atoms with Gasteiger partial charge in [0.05, 0.1) is 0 Å². The molecule has 0 saturated carbocycles. The first kappa shape index (κ1) is 36.6. The van der Waals surface area contributed by atoms with Crippen molar-refractivity contribution in [1.29, 1.82) is 0 Å². The Kier molecular flexibility index (Phi) is 10.3. The van der Waals surface area contributed by atoms with Crippen LogP contribution in [0.3, 0.4) is 0 Å². The van der Waals surface area contributed by atoms with E-state index >= 15 is 0 Å². The second-order valence-electron chi connectivity index (χ2n) is 14.8. The van der Waals surface area contributed by atoms with Crippen molar-refractivity contribution in [2.45, 2.75) is 72.8 Å². The maximum atomic E-state index is 6.33. The van der Waals surface area contributed by atoms with Gasteiger partial charge in [-0.2, -0.15) is 0 Å². The molecule has 0 aliphatic heterocycles. The molecule has 0 bridgehead atoms. The van der Waals surface area contributed by atoms with E-state index in [0.29, 0.717) is 11.1 Å². The van der Waals surface area contributed by atoms with Crippen LogP contribution < -0.4 is 3.27 Å². The van der Waals surface area contributed by atoms with Gasteiger partial charge in [-0.15, -0.1) is 0 Å². The van der Waals surface area contributed by atoms with Crippen molar-refractivity contribution in [2.24, 2.45) is 0 Å². The molecule has 0 radical (unpaired) electrons. The summed E-state index contributed by atoms with van der Waals surface area (Å²) in [7, 11) is 0. The van der Waals surface area contributed by atoms with Crippen molar-refractivity contribution < 1.29 is 21.3 Å². The molecule has 2 aliphatic carbocycles. The number of allylic oxidation sites excluding steroid dienone is 4. The maximum absolute atomic E-state index is 6.33. The number of fused-ring (bicyclic) bond motifs is 3. The van der Waals surface area contributed by atoms with Crippen LogP contribution in [-0.4, -0.2) is 3.21 Å². The Hall–Kier alpha value is -1.15. The van der Waals surface area contributed by atoms with E-state index < -0.39 is 28.9 Å². The van der Waals surface area contributed by atoms with Crippen LogP contribution in [-0.2, 0) is 46.1 Å². The van der Waals surface area contributed by atoms with Gasteiger partial charge in [-0.1, -0.05) is 0 Å². The Morgan fingerprint density at radius 1 is 0.604 bits per heavy atom. The molecule has 0 fully saturated rings. The van der Waals surface area contributed by atoms with Gasteiger partial charge < -0.3 is 0 Å². The first-order chi connectivity index (χ1) is 22.3. The molecule has 4 aromatic carbocycles. The molecule has 6 rings (SSSR count). The molecular formula is C41H38Cl6Zr. The molecule has 7 heteroatoms. The fraction of sp³-hybridized carbons (Fsp3) is 0.293. The van der Waals surface area contributed by atoms with Crippen LogP contribution in [0.25, 0.3) is 11.1 Å². The number of alkyl halides is 6.